The van der Waals surface area contributed by atoms with E-state index in [1.807, 2.05) is 7.05 Å². The van der Waals surface area contributed by atoms with Crippen LogP contribution in [-0.2, 0) is 11.3 Å². The molecule has 1 atom stereocenters. The summed E-state index contributed by atoms with van der Waals surface area (Å²) >= 11 is 0. The lowest BCUT2D eigenvalue weighted by Gasteiger charge is -2.28. The van der Waals surface area contributed by atoms with Crippen molar-refractivity contribution in [1.29, 1.82) is 0 Å². The van der Waals surface area contributed by atoms with E-state index in [-0.39, 0.29) is 10.6 Å². The van der Waals surface area contributed by atoms with Gasteiger partial charge in [-0.25, -0.2) is 0 Å². The molecule has 0 bridgehead atoms. The Hall–Kier alpha value is -1.66. The van der Waals surface area contributed by atoms with Gasteiger partial charge < -0.3 is 10.1 Å². The molecule has 6 heteroatoms. The number of non-ortho nitro benzene ring substituents is 1. The molecule has 0 aliphatic rings. The van der Waals surface area contributed by atoms with Crippen molar-refractivity contribution < 1.29 is 9.66 Å². The predicted octanol–water partition coefficient (Wildman–Crippen LogP) is 2.88. The number of methoxy groups -OCH3 is 1. The van der Waals surface area contributed by atoms with Crippen LogP contribution in [0.3, 0.4) is 0 Å². The van der Waals surface area contributed by atoms with E-state index >= 15 is 0 Å². The van der Waals surface area contributed by atoms with Gasteiger partial charge in [-0.2, -0.15) is 0 Å². The fourth-order valence-electron chi connectivity index (χ4n) is 2.21. The molecule has 118 valence electrons. The molecule has 6 nitrogen and oxygen atoms in total. The molecule has 1 N–H and O–H groups in total. The predicted molar refractivity (Wildman–Crippen MR) is 84.7 cm³/mol. The quantitative estimate of drug-likeness (QED) is 0.560. The number of anilines is 1. The van der Waals surface area contributed by atoms with Gasteiger partial charge >= 0.3 is 0 Å². The highest BCUT2D eigenvalue weighted by molar-refractivity contribution is 5.55. The third kappa shape index (κ3) is 4.99. The molecule has 0 spiro atoms. The highest BCUT2D eigenvalue weighted by Gasteiger charge is 2.16. The largest absolute Gasteiger partial charge is 0.388 e. The van der Waals surface area contributed by atoms with Crippen LogP contribution in [0.2, 0.25) is 0 Å². The highest BCUT2D eigenvalue weighted by atomic mass is 16.6. The van der Waals surface area contributed by atoms with Crippen LogP contribution in [0, 0.1) is 10.1 Å². The maximum absolute atomic E-state index is 11.0. The Kier molecular flexibility index (Phi) is 7.11. The molecule has 0 fully saturated rings. The molecule has 0 heterocycles. The number of hydrogen-bond acceptors (Lipinski definition) is 5. The van der Waals surface area contributed by atoms with Gasteiger partial charge in [0.2, 0.25) is 0 Å². The Labute approximate surface area is 126 Å². The number of ether oxygens (including phenoxy) is 1. The molecule has 0 radical (unpaired) electrons. The summed E-state index contributed by atoms with van der Waals surface area (Å²) in [6, 6.07) is 5.33. The third-order valence-corrected chi connectivity index (χ3v) is 3.74. The maximum atomic E-state index is 11.0. The number of nitrogens with zero attached hydrogens (tertiary/aromatic N) is 2. The van der Waals surface area contributed by atoms with Crippen LogP contribution >= 0.6 is 0 Å². The Morgan fingerprint density at radius 3 is 2.71 bits per heavy atom. The van der Waals surface area contributed by atoms with Crippen LogP contribution in [-0.4, -0.2) is 43.2 Å². The zero-order valence-corrected chi connectivity index (χ0v) is 13.3. The SMILES string of the molecule is CCC(C)N(CCOC)Cc1cc([N+](=O)[O-])ccc1NC. The van der Waals surface area contributed by atoms with Gasteiger partial charge in [0.1, 0.15) is 0 Å². The first-order valence-corrected chi connectivity index (χ1v) is 7.21. The second-order valence-corrected chi connectivity index (χ2v) is 5.07. The van der Waals surface area contributed by atoms with Crippen LogP contribution in [0.25, 0.3) is 0 Å². The standard InChI is InChI=1S/C15H25N3O3/c1-5-12(2)17(8-9-21-4)11-13-10-14(18(19)20)6-7-15(13)16-3/h6-7,10,12,16H,5,8-9,11H2,1-4H3. The van der Waals surface area contributed by atoms with Crippen molar-refractivity contribution in [2.75, 3.05) is 32.6 Å². The van der Waals surface area contributed by atoms with Crippen LogP contribution < -0.4 is 5.32 Å². The second-order valence-electron chi connectivity index (χ2n) is 5.07. The number of nitro groups is 1. The lowest BCUT2D eigenvalue weighted by atomic mass is 10.1. The molecule has 1 rings (SSSR count). The molecule has 0 amide bonds. The molecule has 0 aliphatic heterocycles. The van der Waals surface area contributed by atoms with Crippen LogP contribution in [0.5, 0.6) is 0 Å². The van der Waals surface area contributed by atoms with Gasteiger partial charge in [-0.1, -0.05) is 6.92 Å². The van der Waals surface area contributed by atoms with Gasteiger partial charge in [-0.15, -0.1) is 0 Å². The van der Waals surface area contributed by atoms with E-state index < -0.39 is 0 Å². The van der Waals surface area contributed by atoms with Gasteiger partial charge in [-0.05, 0) is 25.0 Å². The second kappa shape index (κ2) is 8.59. The van der Waals surface area contributed by atoms with E-state index in [0.29, 0.717) is 19.2 Å². The first-order chi connectivity index (χ1) is 10.0. The van der Waals surface area contributed by atoms with E-state index in [9.17, 15) is 10.1 Å². The minimum absolute atomic E-state index is 0.125. The Balaban J connectivity index is 2.99. The summed E-state index contributed by atoms with van der Waals surface area (Å²) in [5, 5.41) is 14.1. The fourth-order valence-corrected chi connectivity index (χ4v) is 2.21. The fraction of sp³-hybridized carbons (Fsp3) is 0.600. The first-order valence-electron chi connectivity index (χ1n) is 7.21. The van der Waals surface area contributed by atoms with Crippen LogP contribution in [0.4, 0.5) is 11.4 Å². The molecule has 1 aromatic carbocycles. The zero-order valence-electron chi connectivity index (χ0n) is 13.3. The molecular formula is C15H25N3O3. The van der Waals surface area contributed by atoms with Crippen molar-refractivity contribution in [3.05, 3.63) is 33.9 Å². The number of hydrogen-bond donors (Lipinski definition) is 1. The van der Waals surface area contributed by atoms with E-state index in [4.69, 9.17) is 4.74 Å². The maximum Gasteiger partial charge on any atom is 0.269 e. The summed E-state index contributed by atoms with van der Waals surface area (Å²) in [5.74, 6) is 0. The average Bonchev–Trinajstić information content (AvgIpc) is 2.50. The van der Waals surface area contributed by atoms with E-state index in [1.54, 1.807) is 19.2 Å². The van der Waals surface area contributed by atoms with Gasteiger partial charge in [-0.3, -0.25) is 15.0 Å². The summed E-state index contributed by atoms with van der Waals surface area (Å²) in [4.78, 5) is 12.9. The molecule has 1 aromatic rings. The summed E-state index contributed by atoms with van der Waals surface area (Å²) in [6.07, 6.45) is 1.02. The van der Waals surface area contributed by atoms with Gasteiger partial charge in [0.25, 0.3) is 5.69 Å². The van der Waals surface area contributed by atoms with Crippen molar-refractivity contribution in [3.8, 4) is 0 Å². The average molecular weight is 295 g/mol. The lowest BCUT2D eigenvalue weighted by Crippen LogP contribution is -2.35. The Morgan fingerprint density at radius 1 is 1.48 bits per heavy atom. The van der Waals surface area contributed by atoms with Crippen molar-refractivity contribution in [2.45, 2.75) is 32.9 Å². The van der Waals surface area contributed by atoms with Crippen LogP contribution in [0.1, 0.15) is 25.8 Å². The lowest BCUT2D eigenvalue weighted by molar-refractivity contribution is -0.384. The summed E-state index contributed by atoms with van der Waals surface area (Å²) in [5.41, 5.74) is 1.98. The first kappa shape index (κ1) is 17.4. The molecule has 0 saturated heterocycles. The Morgan fingerprint density at radius 2 is 2.19 bits per heavy atom. The van der Waals surface area contributed by atoms with E-state index in [1.165, 1.54) is 6.07 Å². The molecule has 0 aliphatic carbocycles. The van der Waals surface area contributed by atoms with Crippen molar-refractivity contribution in [2.24, 2.45) is 0 Å². The summed E-state index contributed by atoms with van der Waals surface area (Å²) < 4.78 is 5.16. The van der Waals surface area contributed by atoms with E-state index in [2.05, 4.69) is 24.1 Å². The molecule has 21 heavy (non-hydrogen) atoms. The third-order valence-electron chi connectivity index (χ3n) is 3.74. The summed E-state index contributed by atoms with van der Waals surface area (Å²) in [6.45, 7) is 6.41. The van der Waals surface area contributed by atoms with Crippen molar-refractivity contribution >= 4 is 11.4 Å². The van der Waals surface area contributed by atoms with Gasteiger partial charge in [0.15, 0.2) is 0 Å². The molecular weight excluding hydrogens is 270 g/mol. The van der Waals surface area contributed by atoms with Crippen LogP contribution in [0.15, 0.2) is 18.2 Å². The molecule has 0 saturated carbocycles. The monoisotopic (exact) mass is 295 g/mol. The topological polar surface area (TPSA) is 67.6 Å². The van der Waals surface area contributed by atoms with Gasteiger partial charge in [0.05, 0.1) is 11.5 Å². The smallest absolute Gasteiger partial charge is 0.269 e. The van der Waals surface area contributed by atoms with E-state index in [0.717, 1.165) is 24.2 Å². The number of nitro benzene ring substituents is 1. The molecule has 1 unspecified atom stereocenters. The van der Waals surface area contributed by atoms with Gasteiger partial charge in [0, 0.05) is 51.1 Å². The Bertz CT molecular complexity index is 465. The summed E-state index contributed by atoms with van der Waals surface area (Å²) in [7, 11) is 3.51. The van der Waals surface area contributed by atoms with Crippen molar-refractivity contribution in [3.63, 3.8) is 0 Å². The minimum atomic E-state index is -0.355. The number of rotatable bonds is 9. The normalized spacial score (nSPS) is 12.4. The zero-order chi connectivity index (χ0) is 15.8. The minimum Gasteiger partial charge on any atom is -0.388 e. The number of nitrogens with one attached hydrogen (secondary N) is 1. The number of benzene rings is 1. The van der Waals surface area contributed by atoms with Crippen molar-refractivity contribution in [1.82, 2.24) is 4.90 Å². The molecule has 0 aromatic heterocycles. The highest BCUT2D eigenvalue weighted by Crippen LogP contribution is 2.24.